The molecule has 0 amide bonds. The van der Waals surface area contributed by atoms with Crippen LogP contribution in [0.15, 0.2) is 24.3 Å². The van der Waals surface area contributed by atoms with Gasteiger partial charge in [-0.3, -0.25) is 0 Å². The maximum absolute atomic E-state index is 4.45. The maximum Gasteiger partial charge on any atom is 0.00870 e. The fraction of sp³-hybridized carbons (Fsp3) is 0.765. The molecule has 17 heavy (non-hydrogen) atoms. The molecule has 0 saturated heterocycles. The van der Waals surface area contributed by atoms with Crippen LogP contribution < -0.4 is 0 Å². The van der Waals surface area contributed by atoms with Gasteiger partial charge in [0.15, 0.2) is 0 Å². The van der Waals surface area contributed by atoms with Crippen LogP contribution >= 0.6 is 0 Å². The molecule has 0 aromatic heterocycles. The molecule has 1 saturated carbocycles. The van der Waals surface area contributed by atoms with E-state index < -0.39 is 0 Å². The SMILES string of the molecule is C=C(C)C1(C)CCC(C(C)CC)C(CC)C1=C. The Morgan fingerprint density at radius 2 is 2.06 bits per heavy atom. The predicted octanol–water partition coefficient (Wildman–Crippen LogP) is 5.61. The van der Waals surface area contributed by atoms with Crippen LogP contribution in [0.2, 0.25) is 0 Å². The Morgan fingerprint density at radius 1 is 1.47 bits per heavy atom. The minimum absolute atomic E-state index is 0.185. The van der Waals surface area contributed by atoms with Crippen LogP contribution in [0, 0.1) is 23.2 Å². The lowest BCUT2D eigenvalue weighted by molar-refractivity contribution is 0.155. The lowest BCUT2D eigenvalue weighted by Gasteiger charge is -2.47. The zero-order valence-electron chi connectivity index (χ0n) is 12.5. The van der Waals surface area contributed by atoms with E-state index in [2.05, 4.69) is 47.8 Å². The molecule has 98 valence electrons. The van der Waals surface area contributed by atoms with Crippen LogP contribution in [-0.2, 0) is 0 Å². The van der Waals surface area contributed by atoms with Crippen molar-refractivity contribution >= 4 is 0 Å². The summed E-state index contributed by atoms with van der Waals surface area (Å²) in [6.07, 6.45) is 5.11. The third kappa shape index (κ3) is 2.51. The summed E-state index contributed by atoms with van der Waals surface area (Å²) in [5.74, 6) is 2.36. The van der Waals surface area contributed by atoms with Crippen molar-refractivity contribution in [3.05, 3.63) is 24.3 Å². The smallest absolute Gasteiger partial charge is 0.00870 e. The number of allylic oxidation sites excluding steroid dienone is 2. The highest BCUT2D eigenvalue weighted by Crippen LogP contribution is 2.52. The van der Waals surface area contributed by atoms with Crippen molar-refractivity contribution in [3.8, 4) is 0 Å². The molecule has 0 heterocycles. The molecule has 1 aliphatic rings. The summed E-state index contributed by atoms with van der Waals surface area (Å²) in [5.41, 5.74) is 2.93. The van der Waals surface area contributed by atoms with E-state index in [1.54, 1.807) is 0 Å². The molecule has 0 N–H and O–H groups in total. The normalized spacial score (nSPS) is 35.7. The third-order valence-electron chi connectivity index (χ3n) is 5.41. The first kappa shape index (κ1) is 14.5. The zero-order chi connectivity index (χ0) is 13.2. The Kier molecular flexibility index (Phi) is 4.63. The van der Waals surface area contributed by atoms with E-state index in [0.29, 0.717) is 5.92 Å². The summed E-state index contributed by atoms with van der Waals surface area (Å²) in [4.78, 5) is 0. The standard InChI is InChI=1S/C17H30/c1-8-13(5)16-10-11-17(7,12(3)4)14(6)15(16)9-2/h13,15-16H,3,6,8-11H2,1-2,4-5,7H3. The topological polar surface area (TPSA) is 0 Å². The Balaban J connectivity index is 2.96. The zero-order valence-corrected chi connectivity index (χ0v) is 12.5. The molecule has 0 aromatic carbocycles. The third-order valence-corrected chi connectivity index (χ3v) is 5.41. The predicted molar refractivity (Wildman–Crippen MR) is 78.0 cm³/mol. The van der Waals surface area contributed by atoms with Crippen LogP contribution in [0.3, 0.4) is 0 Å². The van der Waals surface area contributed by atoms with E-state index in [1.807, 2.05) is 0 Å². The summed E-state index contributed by atoms with van der Waals surface area (Å²) in [6, 6.07) is 0. The van der Waals surface area contributed by atoms with E-state index in [1.165, 1.54) is 36.8 Å². The second-order valence-corrected chi connectivity index (χ2v) is 6.24. The van der Waals surface area contributed by atoms with Gasteiger partial charge in [0.2, 0.25) is 0 Å². The highest BCUT2D eigenvalue weighted by Gasteiger charge is 2.41. The van der Waals surface area contributed by atoms with Gasteiger partial charge in [-0.25, -0.2) is 0 Å². The van der Waals surface area contributed by atoms with Crippen molar-refractivity contribution in [2.24, 2.45) is 23.2 Å². The minimum Gasteiger partial charge on any atom is -0.0993 e. The van der Waals surface area contributed by atoms with Crippen LogP contribution in [0.5, 0.6) is 0 Å². The van der Waals surface area contributed by atoms with Gasteiger partial charge in [-0.05, 0) is 43.9 Å². The molecule has 0 aromatic rings. The van der Waals surface area contributed by atoms with E-state index in [4.69, 9.17) is 0 Å². The first-order chi connectivity index (χ1) is 7.88. The van der Waals surface area contributed by atoms with Gasteiger partial charge < -0.3 is 0 Å². The largest absolute Gasteiger partial charge is 0.0993 e. The van der Waals surface area contributed by atoms with Gasteiger partial charge in [0.1, 0.15) is 0 Å². The van der Waals surface area contributed by atoms with Gasteiger partial charge >= 0.3 is 0 Å². The van der Waals surface area contributed by atoms with Crippen molar-refractivity contribution in [2.75, 3.05) is 0 Å². The van der Waals surface area contributed by atoms with Gasteiger partial charge in [-0.2, -0.15) is 0 Å². The van der Waals surface area contributed by atoms with Gasteiger partial charge in [0.25, 0.3) is 0 Å². The van der Waals surface area contributed by atoms with Gasteiger partial charge in [-0.15, -0.1) is 0 Å². The Morgan fingerprint density at radius 3 is 2.47 bits per heavy atom. The molecular weight excluding hydrogens is 204 g/mol. The average molecular weight is 234 g/mol. The fourth-order valence-corrected chi connectivity index (χ4v) is 3.51. The Labute approximate surface area is 108 Å². The molecule has 0 heteroatoms. The Hall–Kier alpha value is -0.520. The first-order valence-corrected chi connectivity index (χ1v) is 7.23. The van der Waals surface area contributed by atoms with Gasteiger partial charge in [0, 0.05) is 5.41 Å². The second-order valence-electron chi connectivity index (χ2n) is 6.24. The molecule has 1 rings (SSSR count). The molecule has 0 nitrogen and oxygen atoms in total. The summed E-state index contributed by atoms with van der Waals surface area (Å²) in [6.45, 7) is 20.2. The minimum atomic E-state index is 0.185. The maximum atomic E-state index is 4.45. The van der Waals surface area contributed by atoms with Crippen LogP contribution in [0.4, 0.5) is 0 Å². The van der Waals surface area contributed by atoms with E-state index in [0.717, 1.165) is 11.8 Å². The Bertz CT molecular complexity index is 299. The van der Waals surface area contributed by atoms with Crippen LogP contribution in [0.25, 0.3) is 0 Å². The molecule has 0 aliphatic heterocycles. The molecule has 0 bridgehead atoms. The highest BCUT2D eigenvalue weighted by molar-refractivity contribution is 5.28. The molecule has 0 radical (unpaired) electrons. The molecule has 0 spiro atoms. The summed E-state index contributed by atoms with van der Waals surface area (Å²) < 4.78 is 0. The number of rotatable bonds is 4. The molecular formula is C17H30. The van der Waals surface area contributed by atoms with Gasteiger partial charge in [0.05, 0.1) is 0 Å². The molecule has 1 aliphatic carbocycles. The highest BCUT2D eigenvalue weighted by atomic mass is 14.5. The quantitative estimate of drug-likeness (QED) is 0.555. The average Bonchev–Trinajstić information content (AvgIpc) is 2.31. The lowest BCUT2D eigenvalue weighted by Crippen LogP contribution is -2.37. The second kappa shape index (κ2) is 5.42. The number of hydrogen-bond donors (Lipinski definition) is 0. The molecule has 4 unspecified atom stereocenters. The van der Waals surface area contributed by atoms with Crippen molar-refractivity contribution in [1.29, 1.82) is 0 Å². The van der Waals surface area contributed by atoms with Gasteiger partial charge in [-0.1, -0.05) is 58.4 Å². The van der Waals surface area contributed by atoms with Crippen molar-refractivity contribution in [2.45, 2.75) is 60.3 Å². The molecule has 1 fully saturated rings. The first-order valence-electron chi connectivity index (χ1n) is 7.23. The van der Waals surface area contributed by atoms with Crippen LogP contribution in [0.1, 0.15) is 60.3 Å². The van der Waals surface area contributed by atoms with E-state index in [-0.39, 0.29) is 5.41 Å². The van der Waals surface area contributed by atoms with E-state index in [9.17, 15) is 0 Å². The summed E-state index contributed by atoms with van der Waals surface area (Å²) in [5, 5.41) is 0. The van der Waals surface area contributed by atoms with Crippen molar-refractivity contribution in [3.63, 3.8) is 0 Å². The van der Waals surface area contributed by atoms with Crippen LogP contribution in [-0.4, -0.2) is 0 Å². The van der Waals surface area contributed by atoms with E-state index >= 15 is 0 Å². The van der Waals surface area contributed by atoms with Crippen molar-refractivity contribution < 1.29 is 0 Å². The number of hydrogen-bond acceptors (Lipinski definition) is 0. The lowest BCUT2D eigenvalue weighted by atomic mass is 9.57. The van der Waals surface area contributed by atoms with Crippen molar-refractivity contribution in [1.82, 2.24) is 0 Å². The monoisotopic (exact) mass is 234 g/mol. The fourth-order valence-electron chi connectivity index (χ4n) is 3.51. The summed E-state index contributed by atoms with van der Waals surface area (Å²) >= 11 is 0. The summed E-state index contributed by atoms with van der Waals surface area (Å²) in [7, 11) is 0. The molecule has 4 atom stereocenters.